The van der Waals surface area contributed by atoms with E-state index >= 15 is 0 Å². The van der Waals surface area contributed by atoms with E-state index in [1.807, 2.05) is 30.3 Å². The molecule has 9 heteroatoms. The smallest absolute Gasteiger partial charge is 0.242 e. The molecular weight excluding hydrogens is 440 g/mol. The van der Waals surface area contributed by atoms with Crippen molar-refractivity contribution in [3.05, 3.63) is 53.9 Å². The highest BCUT2D eigenvalue weighted by molar-refractivity contribution is 7.89. The number of carbonyl (C=O) groups excluding carboxylic acids is 1. The van der Waals surface area contributed by atoms with Gasteiger partial charge in [-0.25, -0.2) is 17.7 Å². The maximum absolute atomic E-state index is 12.5. The fraction of sp³-hybridized carbons (Fsp3) is 0.417. The first-order valence-corrected chi connectivity index (χ1v) is 12.5. The predicted octanol–water partition coefficient (Wildman–Crippen LogP) is 3.34. The van der Waals surface area contributed by atoms with E-state index in [0.29, 0.717) is 24.9 Å². The number of imidazole rings is 1. The molecule has 33 heavy (non-hydrogen) atoms. The highest BCUT2D eigenvalue weighted by atomic mass is 32.2. The highest BCUT2D eigenvalue weighted by Gasteiger charge is 2.20. The van der Waals surface area contributed by atoms with Crippen LogP contribution in [0.15, 0.2) is 47.4 Å². The minimum absolute atomic E-state index is 0.0595. The van der Waals surface area contributed by atoms with Gasteiger partial charge >= 0.3 is 0 Å². The van der Waals surface area contributed by atoms with E-state index in [1.54, 1.807) is 19.2 Å². The topological polar surface area (TPSA) is 93.5 Å². The Morgan fingerprint density at radius 2 is 1.88 bits per heavy atom. The van der Waals surface area contributed by atoms with Crippen molar-refractivity contribution in [2.75, 3.05) is 21.2 Å². The standard InChI is InChI=1S/C24H32N4O4S/c1-5-6-15-28-22-12-11-20(33(30,31)27(2)3)16-21(22)26-23(28)13-14-24(29)25-17-18-7-9-19(32-4)10-8-18/h7-12,16H,5-6,13-15,17H2,1-4H3,(H,25,29). The number of nitrogens with one attached hydrogen (secondary N) is 1. The van der Waals surface area contributed by atoms with E-state index in [4.69, 9.17) is 9.72 Å². The molecule has 3 aromatic rings. The lowest BCUT2D eigenvalue weighted by molar-refractivity contribution is -0.121. The van der Waals surface area contributed by atoms with E-state index < -0.39 is 10.0 Å². The summed E-state index contributed by atoms with van der Waals surface area (Å²) in [5.74, 6) is 1.51. The van der Waals surface area contributed by atoms with Gasteiger partial charge in [-0.15, -0.1) is 0 Å². The highest BCUT2D eigenvalue weighted by Crippen LogP contribution is 2.23. The van der Waals surface area contributed by atoms with E-state index in [9.17, 15) is 13.2 Å². The molecule has 0 radical (unpaired) electrons. The first-order chi connectivity index (χ1) is 15.8. The molecule has 1 aromatic heterocycles. The van der Waals surface area contributed by atoms with Crippen molar-refractivity contribution < 1.29 is 17.9 Å². The monoisotopic (exact) mass is 472 g/mol. The number of methoxy groups -OCH3 is 1. The number of sulfonamides is 1. The molecule has 1 heterocycles. The lowest BCUT2D eigenvalue weighted by Gasteiger charge is -2.11. The molecule has 0 saturated carbocycles. The van der Waals surface area contributed by atoms with Gasteiger partial charge in [-0.1, -0.05) is 25.5 Å². The second kappa shape index (κ2) is 10.8. The molecule has 0 aliphatic heterocycles. The average molecular weight is 473 g/mol. The Balaban J connectivity index is 1.74. The summed E-state index contributed by atoms with van der Waals surface area (Å²) in [5, 5.41) is 2.94. The first-order valence-electron chi connectivity index (χ1n) is 11.1. The molecule has 0 saturated heterocycles. The number of amides is 1. The number of fused-ring (bicyclic) bond motifs is 1. The molecule has 0 unspecified atom stereocenters. The van der Waals surface area contributed by atoms with Crippen LogP contribution in [0.2, 0.25) is 0 Å². The largest absolute Gasteiger partial charge is 0.497 e. The zero-order valence-corrected chi connectivity index (χ0v) is 20.5. The van der Waals surface area contributed by atoms with Crippen molar-refractivity contribution in [2.24, 2.45) is 0 Å². The summed E-state index contributed by atoms with van der Waals surface area (Å²) in [5.41, 5.74) is 2.51. The van der Waals surface area contributed by atoms with Crippen LogP contribution >= 0.6 is 0 Å². The van der Waals surface area contributed by atoms with Gasteiger partial charge in [-0.05, 0) is 42.3 Å². The first kappa shape index (κ1) is 24.7. The third-order valence-electron chi connectivity index (χ3n) is 5.54. The SMILES string of the molecule is CCCCn1c(CCC(=O)NCc2ccc(OC)cc2)nc2cc(S(=O)(=O)N(C)C)ccc21. The van der Waals surface area contributed by atoms with Gasteiger partial charge in [-0.2, -0.15) is 0 Å². The van der Waals surface area contributed by atoms with E-state index in [1.165, 1.54) is 18.4 Å². The second-order valence-electron chi connectivity index (χ2n) is 8.10. The van der Waals surface area contributed by atoms with Crippen LogP contribution in [0.3, 0.4) is 0 Å². The minimum Gasteiger partial charge on any atom is -0.497 e. The summed E-state index contributed by atoms with van der Waals surface area (Å²) in [6.45, 7) is 3.34. The zero-order chi connectivity index (χ0) is 24.0. The molecule has 2 aromatic carbocycles. The number of ether oxygens (including phenoxy) is 1. The molecular formula is C24H32N4O4S. The summed E-state index contributed by atoms with van der Waals surface area (Å²) in [4.78, 5) is 17.4. The van der Waals surface area contributed by atoms with Gasteiger partial charge in [0.15, 0.2) is 0 Å². The van der Waals surface area contributed by atoms with Crippen LogP contribution in [0.1, 0.15) is 37.6 Å². The second-order valence-corrected chi connectivity index (χ2v) is 10.2. The van der Waals surface area contributed by atoms with Crippen molar-refractivity contribution in [1.29, 1.82) is 0 Å². The number of benzene rings is 2. The van der Waals surface area contributed by atoms with Crippen LogP contribution in [0.5, 0.6) is 5.75 Å². The Bertz CT molecular complexity index is 1200. The van der Waals surface area contributed by atoms with Gasteiger partial charge in [0, 0.05) is 40.0 Å². The maximum atomic E-state index is 12.5. The molecule has 0 atom stereocenters. The minimum atomic E-state index is -3.54. The van der Waals surface area contributed by atoms with E-state index in [-0.39, 0.29) is 10.8 Å². The Hall–Kier alpha value is -2.91. The molecule has 3 rings (SSSR count). The molecule has 178 valence electrons. The van der Waals surface area contributed by atoms with Crippen LogP contribution in [-0.2, 0) is 34.3 Å². The van der Waals surface area contributed by atoms with Crippen LogP contribution in [0.25, 0.3) is 11.0 Å². The lowest BCUT2D eigenvalue weighted by atomic mass is 10.2. The number of hydrogen-bond donors (Lipinski definition) is 1. The maximum Gasteiger partial charge on any atom is 0.242 e. The van der Waals surface area contributed by atoms with Gasteiger partial charge in [0.25, 0.3) is 0 Å². The van der Waals surface area contributed by atoms with E-state index in [2.05, 4.69) is 16.8 Å². The molecule has 0 fully saturated rings. The molecule has 0 bridgehead atoms. The fourth-order valence-electron chi connectivity index (χ4n) is 3.55. The number of carbonyl (C=O) groups is 1. The third kappa shape index (κ3) is 5.91. The summed E-state index contributed by atoms with van der Waals surface area (Å²) >= 11 is 0. The third-order valence-corrected chi connectivity index (χ3v) is 7.35. The molecule has 0 spiro atoms. The number of nitrogens with zero attached hydrogens (tertiary/aromatic N) is 3. The molecule has 0 aliphatic carbocycles. The molecule has 0 aliphatic rings. The Morgan fingerprint density at radius 1 is 1.15 bits per heavy atom. The molecule has 8 nitrogen and oxygen atoms in total. The Morgan fingerprint density at radius 3 is 2.52 bits per heavy atom. The number of aromatic nitrogens is 2. The van der Waals surface area contributed by atoms with Crippen molar-refractivity contribution >= 4 is 27.0 Å². The van der Waals surface area contributed by atoms with Crippen molar-refractivity contribution in [2.45, 2.75) is 50.6 Å². The number of rotatable bonds is 11. The normalized spacial score (nSPS) is 11.8. The number of hydrogen-bond acceptors (Lipinski definition) is 5. The van der Waals surface area contributed by atoms with Crippen LogP contribution in [0, 0.1) is 0 Å². The van der Waals surface area contributed by atoms with Crippen LogP contribution < -0.4 is 10.1 Å². The van der Waals surface area contributed by atoms with Crippen LogP contribution in [-0.4, -0.2) is 49.4 Å². The van der Waals surface area contributed by atoms with Gasteiger partial charge in [0.1, 0.15) is 11.6 Å². The van der Waals surface area contributed by atoms with Gasteiger partial charge in [-0.3, -0.25) is 4.79 Å². The Kier molecular flexibility index (Phi) is 8.10. The molecule has 1 N–H and O–H groups in total. The van der Waals surface area contributed by atoms with Gasteiger partial charge in [0.05, 0.1) is 23.0 Å². The van der Waals surface area contributed by atoms with Gasteiger partial charge < -0.3 is 14.6 Å². The number of unbranched alkanes of at least 4 members (excludes halogenated alkanes) is 1. The van der Waals surface area contributed by atoms with E-state index in [0.717, 1.165) is 42.0 Å². The predicted molar refractivity (Wildman–Crippen MR) is 129 cm³/mol. The summed E-state index contributed by atoms with van der Waals surface area (Å²) in [6.07, 6.45) is 2.77. The average Bonchev–Trinajstić information content (AvgIpc) is 3.16. The summed E-state index contributed by atoms with van der Waals surface area (Å²) in [7, 11) is 1.10. The quantitative estimate of drug-likeness (QED) is 0.462. The van der Waals surface area contributed by atoms with Gasteiger partial charge in [0.2, 0.25) is 15.9 Å². The van der Waals surface area contributed by atoms with Crippen LogP contribution in [0.4, 0.5) is 0 Å². The van der Waals surface area contributed by atoms with Crippen molar-refractivity contribution in [3.8, 4) is 5.75 Å². The Labute approximate surface area is 195 Å². The lowest BCUT2D eigenvalue weighted by Crippen LogP contribution is -2.23. The summed E-state index contributed by atoms with van der Waals surface area (Å²) in [6, 6.07) is 12.6. The molecule has 1 amide bonds. The van der Waals surface area contributed by atoms with Crippen molar-refractivity contribution in [3.63, 3.8) is 0 Å². The summed E-state index contributed by atoms with van der Waals surface area (Å²) < 4.78 is 33.5. The fourth-order valence-corrected chi connectivity index (χ4v) is 4.47. The number of aryl methyl sites for hydroxylation is 2. The zero-order valence-electron chi connectivity index (χ0n) is 19.7. The van der Waals surface area contributed by atoms with Crippen molar-refractivity contribution in [1.82, 2.24) is 19.2 Å².